The second kappa shape index (κ2) is 7.58. The first-order chi connectivity index (χ1) is 8.63. The number of rotatable bonds is 7. The molecule has 0 saturated carbocycles. The van der Waals surface area contributed by atoms with Crippen LogP contribution in [0.25, 0.3) is 0 Å². The van der Waals surface area contributed by atoms with Crippen molar-refractivity contribution in [3.05, 3.63) is 34.9 Å². The summed E-state index contributed by atoms with van der Waals surface area (Å²) in [7, 11) is 0. The van der Waals surface area contributed by atoms with Crippen molar-refractivity contribution in [1.82, 2.24) is 0 Å². The normalized spacial score (nSPS) is 14.5. The Kier molecular flexibility index (Phi) is 6.42. The zero-order valence-electron chi connectivity index (χ0n) is 12.4. The van der Waals surface area contributed by atoms with Gasteiger partial charge in [-0.1, -0.05) is 56.9 Å². The lowest BCUT2D eigenvalue weighted by Gasteiger charge is -2.26. The van der Waals surface area contributed by atoms with Gasteiger partial charge in [-0.3, -0.25) is 0 Å². The van der Waals surface area contributed by atoms with Crippen LogP contribution in [0.4, 0.5) is 0 Å². The van der Waals surface area contributed by atoms with Crippen molar-refractivity contribution in [3.8, 4) is 0 Å². The minimum Gasteiger partial charge on any atom is -0.396 e. The Hall–Kier alpha value is -0.820. The molecule has 0 amide bonds. The molecule has 0 unspecified atom stereocenters. The highest BCUT2D eigenvalue weighted by Crippen LogP contribution is 2.33. The predicted molar refractivity (Wildman–Crippen MR) is 79.0 cm³/mol. The highest BCUT2D eigenvalue weighted by atomic mass is 16.3. The van der Waals surface area contributed by atoms with Crippen LogP contribution < -0.4 is 0 Å². The van der Waals surface area contributed by atoms with Gasteiger partial charge in [0.2, 0.25) is 0 Å². The van der Waals surface area contributed by atoms with Gasteiger partial charge >= 0.3 is 0 Å². The third-order valence-electron chi connectivity index (χ3n) is 4.05. The van der Waals surface area contributed by atoms with E-state index in [1.165, 1.54) is 36.0 Å². The van der Waals surface area contributed by atoms with Gasteiger partial charge in [-0.15, -0.1) is 0 Å². The highest BCUT2D eigenvalue weighted by Gasteiger charge is 2.22. The molecule has 1 aromatic rings. The highest BCUT2D eigenvalue weighted by molar-refractivity contribution is 5.33. The number of aliphatic hydroxyl groups excluding tert-OH is 1. The largest absolute Gasteiger partial charge is 0.396 e. The molecule has 1 rings (SSSR count). The number of unbranched alkanes of at least 4 members (excludes halogenated alkanes) is 1. The van der Waals surface area contributed by atoms with Gasteiger partial charge in [0, 0.05) is 5.92 Å². The zero-order chi connectivity index (χ0) is 13.5. The van der Waals surface area contributed by atoms with Crippen LogP contribution in [-0.2, 0) is 0 Å². The van der Waals surface area contributed by atoms with E-state index >= 15 is 0 Å². The van der Waals surface area contributed by atoms with Crippen LogP contribution >= 0.6 is 0 Å². The minimum absolute atomic E-state index is 0.270. The Bertz CT molecular complexity index is 357. The first-order valence-corrected chi connectivity index (χ1v) is 7.32. The van der Waals surface area contributed by atoms with Crippen molar-refractivity contribution in [2.45, 2.75) is 59.3 Å². The smallest absolute Gasteiger partial charge is 0.0502 e. The fourth-order valence-corrected chi connectivity index (χ4v) is 2.82. The molecule has 2 atom stereocenters. The van der Waals surface area contributed by atoms with Crippen LogP contribution in [0.1, 0.15) is 62.1 Å². The van der Waals surface area contributed by atoms with Gasteiger partial charge in [0.1, 0.15) is 0 Å². The molecule has 1 aromatic carbocycles. The van der Waals surface area contributed by atoms with Gasteiger partial charge in [0.25, 0.3) is 0 Å². The monoisotopic (exact) mass is 248 g/mol. The zero-order valence-corrected chi connectivity index (χ0v) is 12.4. The molecular weight excluding hydrogens is 220 g/mol. The molecule has 102 valence electrons. The van der Waals surface area contributed by atoms with E-state index in [-0.39, 0.29) is 6.61 Å². The molecule has 0 aliphatic rings. The fourth-order valence-electron chi connectivity index (χ4n) is 2.82. The van der Waals surface area contributed by atoms with Crippen molar-refractivity contribution in [1.29, 1.82) is 0 Å². The molecule has 0 aliphatic carbocycles. The molecule has 1 N–H and O–H groups in total. The molecular formula is C17H28O. The number of benzene rings is 1. The molecule has 0 aliphatic heterocycles. The van der Waals surface area contributed by atoms with Crippen molar-refractivity contribution in [2.75, 3.05) is 6.61 Å². The molecule has 0 radical (unpaired) electrons. The molecule has 0 fully saturated rings. The number of hydrogen-bond donors (Lipinski definition) is 1. The quantitative estimate of drug-likeness (QED) is 0.748. The lowest BCUT2D eigenvalue weighted by atomic mass is 9.80. The molecule has 1 heteroatoms. The maximum absolute atomic E-state index is 9.80. The summed E-state index contributed by atoms with van der Waals surface area (Å²) in [5.41, 5.74) is 3.95. The van der Waals surface area contributed by atoms with Crippen molar-refractivity contribution in [2.24, 2.45) is 5.92 Å². The third-order valence-corrected chi connectivity index (χ3v) is 4.05. The van der Waals surface area contributed by atoms with Crippen LogP contribution in [0.15, 0.2) is 18.2 Å². The van der Waals surface area contributed by atoms with Gasteiger partial charge in [-0.2, -0.15) is 0 Å². The maximum Gasteiger partial charge on any atom is 0.0502 e. The van der Waals surface area contributed by atoms with Crippen LogP contribution in [0.5, 0.6) is 0 Å². The van der Waals surface area contributed by atoms with Crippen molar-refractivity contribution >= 4 is 0 Å². The van der Waals surface area contributed by atoms with Gasteiger partial charge in [0.05, 0.1) is 6.61 Å². The Labute approximate surface area is 112 Å². The van der Waals surface area contributed by atoms with E-state index in [0.717, 1.165) is 6.42 Å². The summed E-state index contributed by atoms with van der Waals surface area (Å²) >= 11 is 0. The summed E-state index contributed by atoms with van der Waals surface area (Å²) in [6.45, 7) is 9.04. The number of hydrogen-bond acceptors (Lipinski definition) is 1. The van der Waals surface area contributed by atoms with E-state index in [4.69, 9.17) is 0 Å². The molecule has 18 heavy (non-hydrogen) atoms. The molecule has 0 bridgehead atoms. The van der Waals surface area contributed by atoms with Crippen LogP contribution in [0.2, 0.25) is 0 Å². The van der Waals surface area contributed by atoms with Crippen molar-refractivity contribution in [3.63, 3.8) is 0 Å². The van der Waals surface area contributed by atoms with E-state index in [2.05, 4.69) is 45.9 Å². The summed E-state index contributed by atoms with van der Waals surface area (Å²) in [5, 5.41) is 9.80. The van der Waals surface area contributed by atoms with E-state index in [1.54, 1.807) is 0 Å². The summed E-state index contributed by atoms with van der Waals surface area (Å²) in [4.78, 5) is 0. The summed E-state index contributed by atoms with van der Waals surface area (Å²) in [5.74, 6) is 0.914. The fraction of sp³-hybridized carbons (Fsp3) is 0.647. The molecule has 0 heterocycles. The molecule has 0 aromatic heterocycles. The topological polar surface area (TPSA) is 20.2 Å². The predicted octanol–water partition coefficient (Wildman–Crippen LogP) is 4.60. The van der Waals surface area contributed by atoms with E-state index in [0.29, 0.717) is 11.8 Å². The molecule has 0 spiro atoms. The van der Waals surface area contributed by atoms with Gasteiger partial charge in [-0.25, -0.2) is 0 Å². The number of aryl methyl sites for hydroxylation is 2. The second-order valence-corrected chi connectivity index (χ2v) is 5.46. The lowest BCUT2D eigenvalue weighted by molar-refractivity contribution is 0.213. The first kappa shape index (κ1) is 15.2. The average Bonchev–Trinajstić information content (AvgIpc) is 2.38. The van der Waals surface area contributed by atoms with Gasteiger partial charge in [0.15, 0.2) is 0 Å². The molecule has 1 nitrogen and oxygen atoms in total. The lowest BCUT2D eigenvalue weighted by Crippen LogP contribution is -2.17. The summed E-state index contributed by atoms with van der Waals surface area (Å²) < 4.78 is 0. The van der Waals surface area contributed by atoms with Crippen LogP contribution in [-0.4, -0.2) is 11.7 Å². The SMILES string of the molecule is CCCC[C@@H](CC)[C@H](CO)c1cc(C)ccc1C. The Morgan fingerprint density at radius 3 is 2.44 bits per heavy atom. The average molecular weight is 248 g/mol. The minimum atomic E-state index is 0.270. The van der Waals surface area contributed by atoms with Gasteiger partial charge in [-0.05, 0) is 37.3 Å². The Balaban J connectivity index is 2.95. The van der Waals surface area contributed by atoms with Crippen LogP contribution in [0, 0.1) is 19.8 Å². The maximum atomic E-state index is 9.80. The Morgan fingerprint density at radius 1 is 1.17 bits per heavy atom. The standard InChI is InChI=1S/C17H28O/c1-5-7-8-15(6-2)17(12-18)16-11-13(3)9-10-14(16)4/h9-11,15,17-18H,5-8,12H2,1-4H3/t15-,17+/m1/s1. The third kappa shape index (κ3) is 3.84. The summed E-state index contributed by atoms with van der Waals surface area (Å²) in [6.07, 6.45) is 4.88. The molecule has 0 saturated heterocycles. The van der Waals surface area contributed by atoms with Crippen LogP contribution in [0.3, 0.4) is 0 Å². The van der Waals surface area contributed by atoms with E-state index in [1.807, 2.05) is 0 Å². The Morgan fingerprint density at radius 2 is 1.89 bits per heavy atom. The second-order valence-electron chi connectivity index (χ2n) is 5.46. The van der Waals surface area contributed by atoms with E-state index < -0.39 is 0 Å². The van der Waals surface area contributed by atoms with Gasteiger partial charge < -0.3 is 5.11 Å². The number of aliphatic hydroxyl groups is 1. The summed E-state index contributed by atoms with van der Waals surface area (Å²) in [6, 6.07) is 6.59. The van der Waals surface area contributed by atoms with Crippen molar-refractivity contribution < 1.29 is 5.11 Å². The van der Waals surface area contributed by atoms with E-state index in [9.17, 15) is 5.11 Å². The first-order valence-electron chi connectivity index (χ1n) is 7.32.